The molecule has 2 aromatic heterocycles. The monoisotopic (exact) mass is 507 g/mol. The van der Waals surface area contributed by atoms with Crippen LogP contribution in [0, 0.1) is 13.8 Å². The van der Waals surface area contributed by atoms with E-state index in [9.17, 15) is 13.2 Å². The van der Waals surface area contributed by atoms with Gasteiger partial charge in [0, 0.05) is 31.7 Å². The van der Waals surface area contributed by atoms with E-state index >= 15 is 0 Å². The average molecular weight is 508 g/mol. The summed E-state index contributed by atoms with van der Waals surface area (Å²) in [5, 5.41) is 1.80. The van der Waals surface area contributed by atoms with Crippen LogP contribution in [0.5, 0.6) is 0 Å². The van der Waals surface area contributed by atoms with Crippen molar-refractivity contribution >= 4 is 33.0 Å². The Morgan fingerprint density at radius 2 is 1.54 bits per heavy atom. The molecule has 180 valence electrons. The molecule has 2 aromatic carbocycles. The van der Waals surface area contributed by atoms with Crippen molar-refractivity contribution in [1.29, 1.82) is 0 Å². The predicted octanol–water partition coefficient (Wildman–Crippen LogP) is 4.82. The molecular formula is C26H25N3O4S2. The third-order valence-electron chi connectivity index (χ3n) is 6.05. The van der Waals surface area contributed by atoms with Crippen molar-refractivity contribution in [1.82, 2.24) is 9.88 Å². The van der Waals surface area contributed by atoms with Gasteiger partial charge in [0.25, 0.3) is 5.91 Å². The number of aryl methyl sites for hydroxylation is 2. The smallest absolute Gasteiger partial charge is 0.253 e. The molecule has 5 rings (SSSR count). The first kappa shape index (κ1) is 23.3. The van der Waals surface area contributed by atoms with Crippen LogP contribution in [0.4, 0.5) is 5.88 Å². The summed E-state index contributed by atoms with van der Waals surface area (Å²) in [4.78, 5) is 21.9. The average Bonchev–Trinajstić information content (AvgIpc) is 3.55. The molecule has 1 aliphatic rings. The van der Waals surface area contributed by atoms with Crippen LogP contribution in [0.2, 0.25) is 0 Å². The zero-order chi connectivity index (χ0) is 24.6. The van der Waals surface area contributed by atoms with E-state index in [2.05, 4.69) is 4.98 Å². The maximum atomic E-state index is 13.6. The first-order valence-corrected chi connectivity index (χ1v) is 13.7. The number of hydrogen-bond acceptors (Lipinski definition) is 7. The lowest BCUT2D eigenvalue weighted by molar-refractivity contribution is 0.0745. The van der Waals surface area contributed by atoms with E-state index < -0.39 is 9.84 Å². The number of carbonyl (C=O) groups excluding carboxylic acids is 1. The van der Waals surface area contributed by atoms with Gasteiger partial charge in [-0.25, -0.2) is 8.42 Å². The van der Waals surface area contributed by atoms with E-state index in [4.69, 9.17) is 4.42 Å². The maximum absolute atomic E-state index is 13.6. The van der Waals surface area contributed by atoms with Gasteiger partial charge in [0.2, 0.25) is 26.6 Å². The third kappa shape index (κ3) is 4.61. The van der Waals surface area contributed by atoms with Gasteiger partial charge in [-0.2, -0.15) is 4.98 Å². The van der Waals surface area contributed by atoms with Gasteiger partial charge in [-0.1, -0.05) is 41.5 Å². The lowest BCUT2D eigenvalue weighted by atomic mass is 10.1. The van der Waals surface area contributed by atoms with Gasteiger partial charge in [-0.3, -0.25) is 4.79 Å². The van der Waals surface area contributed by atoms with E-state index in [1.54, 1.807) is 29.2 Å². The van der Waals surface area contributed by atoms with Crippen molar-refractivity contribution in [3.8, 4) is 10.8 Å². The van der Waals surface area contributed by atoms with Crippen LogP contribution in [-0.4, -0.2) is 50.4 Å². The molecule has 0 unspecified atom stereocenters. The van der Waals surface area contributed by atoms with E-state index in [-0.39, 0.29) is 27.6 Å². The summed E-state index contributed by atoms with van der Waals surface area (Å²) in [6.45, 7) is 5.67. The minimum Gasteiger partial charge on any atom is -0.418 e. The number of sulfone groups is 1. The molecule has 1 fully saturated rings. The highest BCUT2D eigenvalue weighted by Gasteiger charge is 2.33. The number of amides is 1. The molecule has 1 saturated heterocycles. The molecule has 0 bridgehead atoms. The van der Waals surface area contributed by atoms with Crippen molar-refractivity contribution in [2.75, 3.05) is 31.1 Å². The number of oxazole rings is 1. The molecule has 0 atom stereocenters. The lowest BCUT2D eigenvalue weighted by Gasteiger charge is -2.34. The van der Waals surface area contributed by atoms with Crippen molar-refractivity contribution < 1.29 is 17.6 Å². The SMILES string of the molecule is Cc1ccc(C(=O)N2CCN(c3oc(-c4cccs4)nc3S(=O)(=O)c3ccc(C)cc3)CC2)cc1. The number of rotatable bonds is 5. The van der Waals surface area contributed by atoms with Gasteiger partial charge in [-0.05, 0) is 49.6 Å². The highest BCUT2D eigenvalue weighted by atomic mass is 32.2. The van der Waals surface area contributed by atoms with Crippen LogP contribution < -0.4 is 4.90 Å². The fraction of sp³-hybridized carbons (Fsp3) is 0.231. The van der Waals surface area contributed by atoms with Crippen molar-refractivity contribution in [3.63, 3.8) is 0 Å². The minimum atomic E-state index is -3.91. The molecule has 0 aliphatic carbocycles. The highest BCUT2D eigenvalue weighted by Crippen LogP contribution is 2.36. The molecule has 0 radical (unpaired) electrons. The Hall–Kier alpha value is -3.43. The lowest BCUT2D eigenvalue weighted by Crippen LogP contribution is -2.49. The zero-order valence-electron chi connectivity index (χ0n) is 19.5. The number of hydrogen-bond donors (Lipinski definition) is 0. The van der Waals surface area contributed by atoms with Crippen molar-refractivity contribution in [2.45, 2.75) is 23.8 Å². The Morgan fingerprint density at radius 1 is 0.914 bits per heavy atom. The van der Waals surface area contributed by atoms with Crippen LogP contribution in [0.15, 0.2) is 80.4 Å². The van der Waals surface area contributed by atoms with E-state index in [0.29, 0.717) is 31.7 Å². The standard InChI is InChI=1S/C26H25N3O4S2/c1-18-5-9-20(10-6-18)25(30)28-13-15-29(16-14-28)26-24(27-23(33-26)22-4-3-17-34-22)35(31,32)21-11-7-19(2)8-12-21/h3-12,17H,13-16H2,1-2H3. The summed E-state index contributed by atoms with van der Waals surface area (Å²) >= 11 is 1.43. The Morgan fingerprint density at radius 3 is 2.14 bits per heavy atom. The second kappa shape index (κ2) is 9.31. The van der Waals surface area contributed by atoms with E-state index in [0.717, 1.165) is 16.0 Å². The summed E-state index contributed by atoms with van der Waals surface area (Å²) in [7, 11) is -3.91. The van der Waals surface area contributed by atoms with Crippen LogP contribution in [0.3, 0.4) is 0 Å². The zero-order valence-corrected chi connectivity index (χ0v) is 21.1. The van der Waals surface area contributed by atoms with Gasteiger partial charge in [0.05, 0.1) is 9.77 Å². The number of anilines is 1. The molecule has 0 spiro atoms. The van der Waals surface area contributed by atoms with E-state index in [1.165, 1.54) is 11.3 Å². The molecule has 0 N–H and O–H groups in total. The number of carbonyl (C=O) groups is 1. The summed E-state index contributed by atoms with van der Waals surface area (Å²) in [6, 6.07) is 17.9. The molecule has 7 nitrogen and oxygen atoms in total. The number of piperazine rings is 1. The first-order chi connectivity index (χ1) is 16.8. The van der Waals surface area contributed by atoms with Crippen LogP contribution in [0.1, 0.15) is 21.5 Å². The highest BCUT2D eigenvalue weighted by molar-refractivity contribution is 7.91. The van der Waals surface area contributed by atoms with Crippen molar-refractivity contribution in [3.05, 3.63) is 82.7 Å². The number of nitrogens with zero attached hydrogens (tertiary/aromatic N) is 3. The molecule has 9 heteroatoms. The van der Waals surface area contributed by atoms with Crippen molar-refractivity contribution in [2.24, 2.45) is 0 Å². The Balaban J connectivity index is 1.44. The molecule has 35 heavy (non-hydrogen) atoms. The number of thiophene rings is 1. The van der Waals surface area contributed by atoms with Crippen LogP contribution in [0.25, 0.3) is 10.8 Å². The summed E-state index contributed by atoms with van der Waals surface area (Å²) in [6.07, 6.45) is 0. The maximum Gasteiger partial charge on any atom is 0.253 e. The van der Waals surface area contributed by atoms with Gasteiger partial charge in [-0.15, -0.1) is 11.3 Å². The van der Waals surface area contributed by atoms with Gasteiger partial charge >= 0.3 is 0 Å². The normalized spacial score (nSPS) is 14.3. The Labute approximate surface area is 208 Å². The molecule has 0 saturated carbocycles. The van der Waals surface area contributed by atoms with Gasteiger partial charge in [0.15, 0.2) is 0 Å². The molecular weight excluding hydrogens is 482 g/mol. The Bertz CT molecular complexity index is 1430. The van der Waals surface area contributed by atoms with E-state index in [1.807, 2.05) is 60.5 Å². The molecule has 1 aliphatic heterocycles. The second-order valence-electron chi connectivity index (χ2n) is 8.57. The topological polar surface area (TPSA) is 83.7 Å². The molecule has 4 aromatic rings. The largest absolute Gasteiger partial charge is 0.418 e. The summed E-state index contributed by atoms with van der Waals surface area (Å²) < 4.78 is 33.2. The molecule has 1 amide bonds. The van der Waals surface area contributed by atoms with Crippen LogP contribution >= 0.6 is 11.3 Å². The second-order valence-corrected chi connectivity index (χ2v) is 11.4. The third-order valence-corrected chi connectivity index (χ3v) is 8.58. The minimum absolute atomic E-state index is 0.0333. The number of benzene rings is 2. The first-order valence-electron chi connectivity index (χ1n) is 11.3. The van der Waals surface area contributed by atoms with Crippen LogP contribution in [-0.2, 0) is 9.84 Å². The molecule has 3 heterocycles. The summed E-state index contributed by atoms with van der Waals surface area (Å²) in [5.41, 5.74) is 2.71. The number of aromatic nitrogens is 1. The van der Waals surface area contributed by atoms with Gasteiger partial charge < -0.3 is 14.2 Å². The fourth-order valence-corrected chi connectivity index (χ4v) is 5.97. The quantitative estimate of drug-likeness (QED) is 0.385. The fourth-order valence-electron chi connectivity index (χ4n) is 4.00. The Kier molecular flexibility index (Phi) is 6.21. The van der Waals surface area contributed by atoms with Gasteiger partial charge in [0.1, 0.15) is 0 Å². The predicted molar refractivity (Wildman–Crippen MR) is 136 cm³/mol. The summed E-state index contributed by atoms with van der Waals surface area (Å²) in [5.74, 6) is 0.462.